The number of hydrogen-bond donors (Lipinski definition) is 2. The lowest BCUT2D eigenvalue weighted by molar-refractivity contribution is 0.0922. The van der Waals surface area contributed by atoms with Gasteiger partial charge in [-0.2, -0.15) is 0 Å². The molecule has 25 heavy (non-hydrogen) atoms. The Morgan fingerprint density at radius 2 is 1.76 bits per heavy atom. The quantitative estimate of drug-likeness (QED) is 0.809. The maximum atomic E-state index is 13.7. The van der Waals surface area contributed by atoms with E-state index in [1.807, 2.05) is 0 Å². The van der Waals surface area contributed by atoms with E-state index in [1.165, 1.54) is 24.8 Å². The number of nitrogens with one attached hydrogen (secondary N) is 2. The van der Waals surface area contributed by atoms with Gasteiger partial charge in [-0.05, 0) is 37.1 Å². The van der Waals surface area contributed by atoms with E-state index in [-0.39, 0.29) is 23.3 Å². The van der Waals surface area contributed by atoms with Crippen LogP contribution < -0.4 is 10.6 Å². The lowest BCUT2D eigenvalue weighted by Crippen LogP contribution is -2.36. The fourth-order valence-electron chi connectivity index (χ4n) is 2.89. The van der Waals surface area contributed by atoms with E-state index in [1.54, 1.807) is 0 Å². The van der Waals surface area contributed by atoms with E-state index in [4.69, 9.17) is 0 Å². The molecule has 1 aliphatic carbocycles. The number of benzene rings is 1. The van der Waals surface area contributed by atoms with Crippen molar-refractivity contribution in [3.63, 3.8) is 0 Å². The highest BCUT2D eigenvalue weighted by atomic mass is 19.2. The molecule has 132 valence electrons. The van der Waals surface area contributed by atoms with E-state index < -0.39 is 17.5 Å². The van der Waals surface area contributed by atoms with Crippen molar-refractivity contribution >= 4 is 17.3 Å². The molecule has 1 heterocycles. The van der Waals surface area contributed by atoms with Gasteiger partial charge >= 0.3 is 0 Å². The molecule has 2 N–H and O–H groups in total. The van der Waals surface area contributed by atoms with Crippen molar-refractivity contribution < 1.29 is 18.0 Å². The second kappa shape index (κ2) is 7.55. The number of hydrogen-bond acceptors (Lipinski definition) is 3. The number of carbonyl (C=O) groups excluding carboxylic acids is 1. The molecule has 4 nitrogen and oxygen atoms in total. The number of nitrogens with zero attached hydrogens (tertiary/aromatic N) is 1. The van der Waals surface area contributed by atoms with Gasteiger partial charge < -0.3 is 10.6 Å². The van der Waals surface area contributed by atoms with E-state index >= 15 is 0 Å². The van der Waals surface area contributed by atoms with Crippen LogP contribution >= 0.6 is 0 Å². The first-order valence-corrected chi connectivity index (χ1v) is 8.22. The highest BCUT2D eigenvalue weighted by molar-refractivity contribution is 5.92. The van der Waals surface area contributed by atoms with Crippen molar-refractivity contribution in [1.82, 2.24) is 10.3 Å². The topological polar surface area (TPSA) is 54.0 Å². The SMILES string of the molecule is O=C(NC1CCCCC1)c1ccc(Nc2ccc(F)c(F)c2F)cn1. The third kappa shape index (κ3) is 4.10. The van der Waals surface area contributed by atoms with Crippen LogP contribution in [0.2, 0.25) is 0 Å². The third-order valence-electron chi connectivity index (χ3n) is 4.25. The molecule has 1 saturated carbocycles. The van der Waals surface area contributed by atoms with Crippen LogP contribution in [0.15, 0.2) is 30.5 Å². The molecular formula is C18H18F3N3O. The van der Waals surface area contributed by atoms with E-state index in [9.17, 15) is 18.0 Å². The summed E-state index contributed by atoms with van der Waals surface area (Å²) in [4.78, 5) is 16.2. The van der Waals surface area contributed by atoms with Gasteiger partial charge in [0.1, 0.15) is 5.69 Å². The molecule has 0 unspecified atom stereocenters. The highest BCUT2D eigenvalue weighted by Gasteiger charge is 2.17. The van der Waals surface area contributed by atoms with Crippen molar-refractivity contribution in [2.24, 2.45) is 0 Å². The van der Waals surface area contributed by atoms with E-state index in [2.05, 4.69) is 15.6 Å². The number of aromatic nitrogens is 1. The zero-order valence-corrected chi connectivity index (χ0v) is 13.5. The van der Waals surface area contributed by atoms with E-state index in [0.717, 1.165) is 37.8 Å². The van der Waals surface area contributed by atoms with Gasteiger partial charge in [0, 0.05) is 6.04 Å². The number of amides is 1. The maximum Gasteiger partial charge on any atom is 0.270 e. The van der Waals surface area contributed by atoms with Crippen LogP contribution in [0.5, 0.6) is 0 Å². The fraction of sp³-hybridized carbons (Fsp3) is 0.333. The monoisotopic (exact) mass is 349 g/mol. The molecule has 7 heteroatoms. The lowest BCUT2D eigenvalue weighted by atomic mass is 9.95. The Kier molecular flexibility index (Phi) is 5.21. The van der Waals surface area contributed by atoms with Crippen LogP contribution in [0.25, 0.3) is 0 Å². The summed E-state index contributed by atoms with van der Waals surface area (Å²) in [6, 6.07) is 5.14. The Bertz CT molecular complexity index is 759. The predicted molar refractivity (Wildman–Crippen MR) is 88.2 cm³/mol. The van der Waals surface area contributed by atoms with Crippen molar-refractivity contribution in [2.75, 3.05) is 5.32 Å². The van der Waals surface area contributed by atoms with Gasteiger partial charge in [-0.1, -0.05) is 19.3 Å². The lowest BCUT2D eigenvalue weighted by Gasteiger charge is -2.22. The van der Waals surface area contributed by atoms with E-state index in [0.29, 0.717) is 5.69 Å². The Morgan fingerprint density at radius 1 is 1.00 bits per heavy atom. The van der Waals surface area contributed by atoms with Gasteiger partial charge in [-0.3, -0.25) is 4.79 Å². The molecule has 1 aromatic carbocycles. The Hall–Kier alpha value is -2.57. The second-order valence-corrected chi connectivity index (χ2v) is 6.09. The molecular weight excluding hydrogens is 331 g/mol. The smallest absolute Gasteiger partial charge is 0.270 e. The van der Waals surface area contributed by atoms with Crippen molar-refractivity contribution in [1.29, 1.82) is 0 Å². The molecule has 0 bridgehead atoms. The summed E-state index contributed by atoms with van der Waals surface area (Å²) in [5.41, 5.74) is 0.404. The van der Waals surface area contributed by atoms with Gasteiger partial charge in [0.25, 0.3) is 5.91 Å². The third-order valence-corrected chi connectivity index (χ3v) is 4.25. The van der Waals surface area contributed by atoms with Gasteiger partial charge in [-0.25, -0.2) is 18.2 Å². The molecule has 1 aliphatic rings. The number of carbonyl (C=O) groups is 1. The standard InChI is InChI=1S/C18H18F3N3O/c19-13-7-9-14(17(21)16(13)20)23-12-6-8-15(22-10-12)18(25)24-11-4-2-1-3-5-11/h6-11,23H,1-5H2,(H,24,25). The summed E-state index contributed by atoms with van der Waals surface area (Å²) in [5.74, 6) is -4.35. The van der Waals surface area contributed by atoms with Crippen molar-refractivity contribution in [3.05, 3.63) is 53.6 Å². The van der Waals surface area contributed by atoms with Crippen LogP contribution in [0.4, 0.5) is 24.5 Å². The number of halogens is 3. The molecule has 2 aromatic rings. The summed E-state index contributed by atoms with van der Waals surface area (Å²) >= 11 is 0. The second-order valence-electron chi connectivity index (χ2n) is 6.09. The first-order chi connectivity index (χ1) is 12.0. The maximum absolute atomic E-state index is 13.7. The summed E-state index contributed by atoms with van der Waals surface area (Å²) in [5, 5.41) is 5.57. The summed E-state index contributed by atoms with van der Waals surface area (Å²) in [6.45, 7) is 0. The van der Waals surface area contributed by atoms with Crippen molar-refractivity contribution in [3.8, 4) is 0 Å². The minimum atomic E-state index is -1.54. The zero-order valence-electron chi connectivity index (χ0n) is 13.5. The molecule has 0 radical (unpaired) electrons. The minimum absolute atomic E-state index is 0.178. The average Bonchev–Trinajstić information content (AvgIpc) is 2.63. The molecule has 1 amide bonds. The average molecular weight is 349 g/mol. The number of rotatable bonds is 4. The Labute approximate surface area is 143 Å². The van der Waals surface area contributed by atoms with Gasteiger partial charge in [-0.15, -0.1) is 0 Å². The van der Waals surface area contributed by atoms with Crippen LogP contribution in [0.3, 0.4) is 0 Å². The van der Waals surface area contributed by atoms with Crippen molar-refractivity contribution in [2.45, 2.75) is 38.1 Å². The summed E-state index contributed by atoms with van der Waals surface area (Å²) in [7, 11) is 0. The largest absolute Gasteiger partial charge is 0.352 e. The first-order valence-electron chi connectivity index (χ1n) is 8.22. The predicted octanol–water partition coefficient (Wildman–Crippen LogP) is 4.31. The molecule has 0 saturated heterocycles. The molecule has 3 rings (SSSR count). The molecule has 0 atom stereocenters. The van der Waals surface area contributed by atoms with Crippen LogP contribution in [0.1, 0.15) is 42.6 Å². The Morgan fingerprint density at radius 3 is 2.44 bits per heavy atom. The first kappa shape index (κ1) is 17.3. The summed E-state index contributed by atoms with van der Waals surface area (Å²) in [6.07, 6.45) is 6.71. The van der Waals surface area contributed by atoms with Gasteiger partial charge in [0.15, 0.2) is 17.5 Å². The van der Waals surface area contributed by atoms with Gasteiger partial charge in [0.2, 0.25) is 0 Å². The molecule has 1 fully saturated rings. The zero-order chi connectivity index (χ0) is 17.8. The number of anilines is 2. The molecule has 0 aliphatic heterocycles. The Balaban J connectivity index is 1.66. The summed E-state index contributed by atoms with van der Waals surface area (Å²) < 4.78 is 39.8. The minimum Gasteiger partial charge on any atom is -0.352 e. The fourth-order valence-corrected chi connectivity index (χ4v) is 2.89. The van der Waals surface area contributed by atoms with Crippen LogP contribution in [-0.4, -0.2) is 16.9 Å². The molecule has 0 spiro atoms. The highest BCUT2D eigenvalue weighted by Crippen LogP contribution is 2.23. The van der Waals surface area contributed by atoms with Crippen LogP contribution in [0, 0.1) is 17.5 Å². The van der Waals surface area contributed by atoms with Crippen LogP contribution in [-0.2, 0) is 0 Å². The number of pyridine rings is 1. The molecule has 1 aromatic heterocycles. The normalized spacial score (nSPS) is 15.0. The van der Waals surface area contributed by atoms with Gasteiger partial charge in [0.05, 0.1) is 17.6 Å².